The van der Waals surface area contributed by atoms with Crippen LogP contribution in [0.25, 0.3) is 11.5 Å². The fraction of sp³-hybridized carbons (Fsp3) is 0.689. The number of likely N-dealkylation sites (N-methyl/N-ethyl adjacent to an activating group) is 1. The molecule has 2 aromatic heterocycles. The van der Waals surface area contributed by atoms with Gasteiger partial charge in [-0.3, -0.25) is 24.2 Å². The summed E-state index contributed by atoms with van der Waals surface area (Å²) in [6, 6.07) is 4.95. The highest BCUT2D eigenvalue weighted by atomic mass is 16.7. The molecule has 3 aliphatic heterocycles. The predicted molar refractivity (Wildman–Crippen MR) is 228 cm³/mol. The minimum Gasteiger partial charge on any atom is -0.459 e. The van der Waals surface area contributed by atoms with Crippen LogP contribution in [0, 0.1) is 23.7 Å². The van der Waals surface area contributed by atoms with E-state index in [-0.39, 0.29) is 50.5 Å². The second-order valence-electron chi connectivity index (χ2n) is 17.8. The zero-order valence-electron chi connectivity index (χ0n) is 38.6. The molecule has 2 bridgehead atoms. The van der Waals surface area contributed by atoms with E-state index in [4.69, 9.17) is 37.8 Å². The van der Waals surface area contributed by atoms with E-state index in [1.807, 2.05) is 38.9 Å². The largest absolute Gasteiger partial charge is 0.459 e. The lowest BCUT2D eigenvalue weighted by molar-refractivity contribution is -0.298. The third-order valence-electron chi connectivity index (χ3n) is 12.3. The number of Topliss-reactive ketones (excluding diaryl/α,β-unsaturated/α-hetero) is 1. The van der Waals surface area contributed by atoms with Crippen molar-refractivity contribution in [2.45, 2.75) is 149 Å². The molecule has 1 amide bonds. The number of fused-ring (bicyclic) bond motifs is 5. The highest BCUT2D eigenvalue weighted by Gasteiger charge is 2.53. The van der Waals surface area contributed by atoms with Crippen LogP contribution in [0.15, 0.2) is 45.3 Å². The number of rotatable bonds is 9. The summed E-state index contributed by atoms with van der Waals surface area (Å²) in [5.74, 6) is -5.57. The number of hydrogen-bond donors (Lipinski definition) is 1. The zero-order chi connectivity index (χ0) is 46.4. The van der Waals surface area contributed by atoms with Crippen molar-refractivity contribution in [1.82, 2.24) is 15.0 Å². The average Bonchev–Trinajstić information content (AvgIpc) is 3.76. The molecular weight excluding hydrogens is 819 g/mol. The summed E-state index contributed by atoms with van der Waals surface area (Å²) < 4.78 is 44.0. The molecule has 5 rings (SSSR count). The van der Waals surface area contributed by atoms with Crippen LogP contribution in [0.1, 0.15) is 94.1 Å². The second-order valence-corrected chi connectivity index (χ2v) is 17.8. The molecular formula is C45H65N5O13. The molecule has 0 spiro atoms. The Morgan fingerprint density at radius 2 is 1.76 bits per heavy atom. The lowest BCUT2D eigenvalue weighted by Gasteiger charge is -2.48. The summed E-state index contributed by atoms with van der Waals surface area (Å²) in [6.07, 6.45) is -2.00. The molecule has 0 unspecified atom stereocenters. The first-order valence-corrected chi connectivity index (χ1v) is 21.7. The van der Waals surface area contributed by atoms with Crippen molar-refractivity contribution in [3.05, 3.63) is 36.2 Å². The Morgan fingerprint density at radius 3 is 2.37 bits per heavy atom. The Kier molecular flexibility index (Phi) is 16.5. The Hall–Kier alpha value is -4.46. The highest BCUT2D eigenvalue weighted by molar-refractivity contribution is 6.00. The minimum absolute atomic E-state index is 0.0131. The van der Waals surface area contributed by atoms with Gasteiger partial charge in [-0.05, 0) is 73.0 Å². The van der Waals surface area contributed by atoms with E-state index in [9.17, 15) is 24.3 Å². The van der Waals surface area contributed by atoms with Crippen LogP contribution in [0.3, 0.4) is 0 Å². The summed E-state index contributed by atoms with van der Waals surface area (Å²) in [6.45, 7) is 15.9. The third kappa shape index (κ3) is 11.8. The maximum absolute atomic E-state index is 14.7. The molecule has 3 aliphatic rings. The first kappa shape index (κ1) is 49.6. The van der Waals surface area contributed by atoms with Crippen molar-refractivity contribution >= 4 is 35.1 Å². The van der Waals surface area contributed by atoms with Gasteiger partial charge in [-0.2, -0.15) is 0 Å². The van der Waals surface area contributed by atoms with Gasteiger partial charge in [-0.1, -0.05) is 44.1 Å². The van der Waals surface area contributed by atoms with Gasteiger partial charge in [0, 0.05) is 49.2 Å². The Bertz CT molecular complexity index is 1950. The van der Waals surface area contributed by atoms with Gasteiger partial charge >= 0.3 is 11.9 Å². The number of carbonyl (C=O) groups is 4. The molecule has 0 radical (unpaired) electrons. The number of aliphatic imine (C=N–C) groups is 1. The lowest BCUT2D eigenvalue weighted by Crippen LogP contribution is -2.60. The van der Waals surface area contributed by atoms with Crippen LogP contribution >= 0.6 is 0 Å². The quantitative estimate of drug-likeness (QED) is 0.204. The first-order valence-electron chi connectivity index (χ1n) is 21.7. The van der Waals surface area contributed by atoms with Gasteiger partial charge in [0.25, 0.3) is 0 Å². The summed E-state index contributed by atoms with van der Waals surface area (Å²) in [7, 11) is 3.74. The van der Waals surface area contributed by atoms with Crippen LogP contribution in [-0.2, 0) is 59.0 Å². The van der Waals surface area contributed by atoms with Gasteiger partial charge < -0.3 is 47.8 Å². The summed E-state index contributed by atoms with van der Waals surface area (Å²) in [4.78, 5) is 70.9. The van der Waals surface area contributed by atoms with E-state index in [1.165, 1.54) is 33.9 Å². The topological polar surface area (TPSA) is 220 Å². The lowest BCUT2D eigenvalue weighted by atomic mass is 9.73. The number of nitrogens with zero attached hydrogens (tertiary/aromatic N) is 5. The maximum Gasteiger partial charge on any atom is 0.316 e. The number of aromatic nitrogens is 2. The summed E-state index contributed by atoms with van der Waals surface area (Å²) in [5, 5.41) is 20.7. The number of amides is 1. The van der Waals surface area contributed by atoms with Crippen LogP contribution in [0.5, 0.6) is 0 Å². The van der Waals surface area contributed by atoms with Crippen molar-refractivity contribution < 1.29 is 62.1 Å². The van der Waals surface area contributed by atoms with E-state index in [0.29, 0.717) is 29.2 Å². The standard InChI is InChI=1S/C45H65N5O13/c1-13-36-45(10,55)41-26(4)37(48-29(7)51)24(2)19-44(9,57-23-32(22-56-41)49-58-21-31-14-15-33(46-20-31)35-16-17-47-63-35)40(27(5)38(53)28(6)42(54)61-36)62-43-39(60-30(8)52)34(50(11)12)18-25(3)59-43/h14-17,20,24-28,34,36,39-41,43,55H,13,18-19,21-23H2,1-12H3/t24-,25-,26+,27+,28-,34+,36-,39-,40-,41-,43+,44-,45-/m1/s1. The van der Waals surface area contributed by atoms with Gasteiger partial charge in [-0.25, -0.2) is 4.99 Å². The molecule has 18 nitrogen and oxygen atoms in total. The minimum atomic E-state index is -1.88. The van der Waals surface area contributed by atoms with Gasteiger partial charge in [0.05, 0.1) is 49.4 Å². The van der Waals surface area contributed by atoms with Crippen molar-refractivity contribution in [2.75, 3.05) is 27.3 Å². The molecule has 2 aromatic rings. The van der Waals surface area contributed by atoms with Crippen LogP contribution < -0.4 is 0 Å². The van der Waals surface area contributed by atoms with E-state index in [1.54, 1.807) is 46.0 Å². The number of cyclic esters (lactones) is 1. The molecule has 0 aromatic carbocycles. The number of esters is 2. The fourth-order valence-corrected chi connectivity index (χ4v) is 9.11. The summed E-state index contributed by atoms with van der Waals surface area (Å²) in [5.41, 5.74) is -1.40. The van der Waals surface area contributed by atoms with Crippen molar-refractivity contribution in [1.29, 1.82) is 0 Å². The molecule has 63 heavy (non-hydrogen) atoms. The van der Waals surface area contributed by atoms with Crippen molar-refractivity contribution in [3.63, 3.8) is 0 Å². The van der Waals surface area contributed by atoms with Crippen LogP contribution in [0.4, 0.5) is 0 Å². The number of carbonyl (C=O) groups excluding carboxylic acids is 4. The van der Waals surface area contributed by atoms with E-state index >= 15 is 0 Å². The molecule has 0 saturated carbocycles. The Balaban J connectivity index is 1.66. The van der Waals surface area contributed by atoms with Crippen molar-refractivity contribution in [2.24, 2.45) is 33.8 Å². The number of hydrogen-bond acceptors (Lipinski definition) is 17. The molecule has 13 atom stereocenters. The number of oxime groups is 1. The monoisotopic (exact) mass is 883 g/mol. The summed E-state index contributed by atoms with van der Waals surface area (Å²) >= 11 is 0. The molecule has 348 valence electrons. The smallest absolute Gasteiger partial charge is 0.316 e. The molecule has 1 N–H and O–H groups in total. The van der Waals surface area contributed by atoms with Crippen molar-refractivity contribution in [3.8, 4) is 11.5 Å². The Labute approximate surface area is 369 Å². The molecule has 3 fully saturated rings. The molecule has 5 heterocycles. The van der Waals surface area contributed by atoms with Gasteiger partial charge in [-0.15, -0.1) is 0 Å². The third-order valence-corrected chi connectivity index (χ3v) is 12.3. The Morgan fingerprint density at radius 1 is 1.03 bits per heavy atom. The van der Waals surface area contributed by atoms with Crippen LogP contribution in [0.2, 0.25) is 0 Å². The zero-order valence-corrected chi connectivity index (χ0v) is 38.6. The molecule has 18 heteroatoms. The number of ketones is 1. The predicted octanol–water partition coefficient (Wildman–Crippen LogP) is 4.74. The molecule has 0 aliphatic carbocycles. The molecule has 3 saturated heterocycles. The van der Waals surface area contributed by atoms with Gasteiger partial charge in [0.1, 0.15) is 35.6 Å². The van der Waals surface area contributed by atoms with Gasteiger partial charge in [0.15, 0.2) is 23.9 Å². The SMILES string of the molecule is CC[C@H]1OC(=O)[C@H](C)C(=O)[C@H](C)[C@@H](O[C@@H]2O[C@H](C)C[C@H](N(C)C)[C@H]2OC(C)=O)[C@@]2(C)C[C@@H](C)C(=NC(C)=O)[C@H](C)[C@@H](OCC(=NOCc3ccc(-c4ccno4)nc3)CO2)[C@]1(C)O. The van der Waals surface area contributed by atoms with E-state index < -0.39 is 89.2 Å². The number of pyridine rings is 1. The highest BCUT2D eigenvalue weighted by Crippen LogP contribution is 2.40. The average molecular weight is 884 g/mol. The number of aliphatic hydroxyl groups is 1. The normalized spacial score (nSPS) is 36.3. The second kappa shape index (κ2) is 21.0. The van der Waals surface area contributed by atoms with E-state index in [2.05, 4.69) is 20.3 Å². The van der Waals surface area contributed by atoms with Crippen LogP contribution in [-0.4, -0.2) is 137 Å². The first-order chi connectivity index (χ1) is 29.7. The number of ether oxygens (including phenoxy) is 6. The van der Waals surface area contributed by atoms with Gasteiger partial charge in [0.2, 0.25) is 5.91 Å². The van der Waals surface area contributed by atoms with E-state index in [0.717, 1.165) is 0 Å². The maximum atomic E-state index is 14.7. The fourth-order valence-electron chi connectivity index (χ4n) is 9.11.